The van der Waals surface area contributed by atoms with Crippen molar-refractivity contribution in [2.75, 3.05) is 19.7 Å². The first kappa shape index (κ1) is 23.9. The smallest absolute Gasteiger partial charge is 0.336 e. The first-order valence-electron chi connectivity index (χ1n) is 11.4. The van der Waals surface area contributed by atoms with Crippen molar-refractivity contribution in [3.8, 4) is 10.4 Å². The molecule has 1 aliphatic heterocycles. The second-order valence-electron chi connectivity index (χ2n) is 8.58. The van der Waals surface area contributed by atoms with Crippen molar-refractivity contribution in [2.24, 2.45) is 5.92 Å². The topological polar surface area (TPSA) is 93.9 Å². The van der Waals surface area contributed by atoms with Crippen molar-refractivity contribution >= 4 is 40.5 Å². The number of piperidine rings is 1. The van der Waals surface area contributed by atoms with Crippen molar-refractivity contribution in [3.63, 3.8) is 0 Å². The first-order valence-corrected chi connectivity index (χ1v) is 12.3. The summed E-state index contributed by atoms with van der Waals surface area (Å²) >= 11 is 1.54. The summed E-state index contributed by atoms with van der Waals surface area (Å²) < 4.78 is 10.5. The van der Waals surface area contributed by atoms with Crippen molar-refractivity contribution in [1.82, 2.24) is 4.90 Å². The average molecular weight is 482 g/mol. The molecule has 0 saturated carbocycles. The third-order valence-electron chi connectivity index (χ3n) is 6.23. The molecular formula is C26H27NO6S. The highest BCUT2D eigenvalue weighted by molar-refractivity contribution is 7.13. The van der Waals surface area contributed by atoms with E-state index in [1.54, 1.807) is 41.4 Å². The van der Waals surface area contributed by atoms with Crippen LogP contribution in [0.15, 0.2) is 44.9 Å². The quantitative estimate of drug-likeness (QED) is 0.216. The van der Waals surface area contributed by atoms with Gasteiger partial charge in [0.25, 0.3) is 0 Å². The minimum atomic E-state index is -1.01. The molecule has 2 atom stereocenters. The molecule has 0 unspecified atom stereocenters. The van der Waals surface area contributed by atoms with Gasteiger partial charge in [-0.2, -0.15) is 0 Å². The third-order valence-corrected chi connectivity index (χ3v) is 7.28. The number of thiophene rings is 1. The van der Waals surface area contributed by atoms with Crippen LogP contribution < -0.4 is 5.63 Å². The lowest BCUT2D eigenvalue weighted by Gasteiger charge is -2.33. The molecule has 1 amide bonds. The molecule has 1 fully saturated rings. The highest BCUT2D eigenvalue weighted by atomic mass is 32.1. The van der Waals surface area contributed by atoms with Crippen LogP contribution in [-0.4, -0.2) is 42.8 Å². The number of hydrogen-bond acceptors (Lipinski definition) is 7. The Labute approximate surface area is 201 Å². The molecule has 0 radical (unpaired) electrons. The Morgan fingerprint density at radius 2 is 2.12 bits per heavy atom. The molecule has 0 aliphatic carbocycles. The van der Waals surface area contributed by atoms with E-state index in [1.165, 1.54) is 6.07 Å². The van der Waals surface area contributed by atoms with E-state index in [9.17, 15) is 19.2 Å². The number of amides is 1. The lowest BCUT2D eigenvalue weighted by atomic mass is 9.92. The Kier molecular flexibility index (Phi) is 7.26. The van der Waals surface area contributed by atoms with Gasteiger partial charge >= 0.3 is 11.6 Å². The maximum absolute atomic E-state index is 13.3. The van der Waals surface area contributed by atoms with Gasteiger partial charge in [-0.3, -0.25) is 9.59 Å². The zero-order chi connectivity index (χ0) is 24.2. The standard InChI is InChI=1S/C26H27NO6S/c1-3-32-23(29)11-17-5-4-9-27(14-17)26(31)21(15-28)18-6-7-19-20(25-16(2)8-10-34-25)13-24(30)33-22(19)12-18/h6-8,10,12-13,15,17,21H,3-5,9,11,14H2,1-2H3/t17-,21+/m1/s1. The molecule has 178 valence electrons. The van der Waals surface area contributed by atoms with Crippen LogP contribution in [0.3, 0.4) is 0 Å². The number of carbonyl (C=O) groups excluding carboxylic acids is 3. The second-order valence-corrected chi connectivity index (χ2v) is 9.50. The van der Waals surface area contributed by atoms with E-state index in [1.807, 2.05) is 18.4 Å². The molecule has 3 aromatic rings. The highest BCUT2D eigenvalue weighted by Crippen LogP contribution is 2.35. The maximum atomic E-state index is 13.3. The molecule has 1 aliphatic rings. The summed E-state index contributed by atoms with van der Waals surface area (Å²) in [6.45, 7) is 5.02. The van der Waals surface area contributed by atoms with Gasteiger partial charge in [0.15, 0.2) is 0 Å². The van der Waals surface area contributed by atoms with Gasteiger partial charge < -0.3 is 18.8 Å². The summed E-state index contributed by atoms with van der Waals surface area (Å²) in [5.74, 6) is -1.58. The van der Waals surface area contributed by atoms with Gasteiger partial charge in [-0.15, -0.1) is 11.3 Å². The molecule has 2 aromatic heterocycles. The predicted octanol–water partition coefficient (Wildman–Crippen LogP) is 4.30. The maximum Gasteiger partial charge on any atom is 0.336 e. The van der Waals surface area contributed by atoms with E-state index in [0.717, 1.165) is 34.2 Å². The molecule has 0 spiro atoms. The summed E-state index contributed by atoms with van der Waals surface area (Å²) in [6.07, 6.45) is 2.48. The van der Waals surface area contributed by atoms with E-state index in [0.29, 0.717) is 37.1 Å². The van der Waals surface area contributed by atoms with Gasteiger partial charge in [-0.25, -0.2) is 4.79 Å². The van der Waals surface area contributed by atoms with Crippen molar-refractivity contribution in [3.05, 3.63) is 57.3 Å². The van der Waals surface area contributed by atoms with Crippen molar-refractivity contribution in [1.29, 1.82) is 0 Å². The number of likely N-dealkylation sites (tertiary alicyclic amines) is 1. The number of fused-ring (bicyclic) bond motifs is 1. The van der Waals surface area contributed by atoms with Crippen LogP contribution >= 0.6 is 11.3 Å². The Bertz CT molecular complexity index is 1280. The fourth-order valence-electron chi connectivity index (χ4n) is 4.57. The van der Waals surface area contributed by atoms with E-state index in [2.05, 4.69) is 0 Å². The molecule has 3 heterocycles. The molecule has 1 saturated heterocycles. The van der Waals surface area contributed by atoms with Crippen LogP contribution in [0.25, 0.3) is 21.4 Å². The normalized spacial score (nSPS) is 16.9. The predicted molar refractivity (Wildman–Crippen MR) is 130 cm³/mol. The summed E-state index contributed by atoms with van der Waals surface area (Å²) in [5.41, 5.74) is 2.16. The number of rotatable bonds is 7. The van der Waals surface area contributed by atoms with Gasteiger partial charge in [0.05, 0.1) is 13.0 Å². The van der Waals surface area contributed by atoms with E-state index < -0.39 is 11.5 Å². The molecule has 7 nitrogen and oxygen atoms in total. The first-order chi connectivity index (χ1) is 16.4. The average Bonchev–Trinajstić information content (AvgIpc) is 3.24. The monoisotopic (exact) mass is 481 g/mol. The van der Waals surface area contributed by atoms with Gasteiger partial charge in [0.1, 0.15) is 17.8 Å². The molecule has 0 N–H and O–H groups in total. The summed E-state index contributed by atoms with van der Waals surface area (Å²) in [4.78, 5) is 52.1. The lowest BCUT2D eigenvalue weighted by Crippen LogP contribution is -2.43. The lowest BCUT2D eigenvalue weighted by molar-refractivity contribution is -0.146. The number of hydrogen-bond donors (Lipinski definition) is 0. The molecule has 1 aromatic carbocycles. The van der Waals surface area contributed by atoms with Crippen molar-refractivity contribution in [2.45, 2.75) is 39.0 Å². The molecule has 8 heteroatoms. The fraction of sp³-hybridized carbons (Fsp3) is 0.385. The van der Waals surface area contributed by atoms with Crippen LogP contribution in [0.5, 0.6) is 0 Å². The molecule has 0 bridgehead atoms. The molecule has 4 rings (SSSR count). The van der Waals surface area contributed by atoms with Crippen LogP contribution in [0.4, 0.5) is 0 Å². The van der Waals surface area contributed by atoms with Crippen LogP contribution in [0.1, 0.15) is 43.2 Å². The van der Waals surface area contributed by atoms with E-state index >= 15 is 0 Å². The number of aldehydes is 1. The van der Waals surface area contributed by atoms with Crippen LogP contribution in [-0.2, 0) is 19.1 Å². The Morgan fingerprint density at radius 3 is 2.82 bits per heavy atom. The molecular weight excluding hydrogens is 454 g/mol. The van der Waals surface area contributed by atoms with Gasteiger partial charge in [0, 0.05) is 35.0 Å². The van der Waals surface area contributed by atoms with E-state index in [-0.39, 0.29) is 24.2 Å². The van der Waals surface area contributed by atoms with Crippen LogP contribution in [0, 0.1) is 12.8 Å². The summed E-state index contributed by atoms with van der Waals surface area (Å²) in [5, 5.41) is 2.72. The Morgan fingerprint density at radius 1 is 1.29 bits per heavy atom. The summed E-state index contributed by atoms with van der Waals surface area (Å²) in [7, 11) is 0. The number of esters is 1. The van der Waals surface area contributed by atoms with Gasteiger partial charge in [0.2, 0.25) is 5.91 Å². The van der Waals surface area contributed by atoms with Gasteiger partial charge in [-0.1, -0.05) is 12.1 Å². The highest BCUT2D eigenvalue weighted by Gasteiger charge is 2.31. The fourth-order valence-corrected chi connectivity index (χ4v) is 5.53. The SMILES string of the molecule is CCOC(=O)C[C@H]1CCCN(C(=O)[C@@H](C=O)c2ccc3c(-c4sccc4C)cc(=O)oc3c2)C1. The summed E-state index contributed by atoms with van der Waals surface area (Å²) in [6, 6.07) is 8.61. The van der Waals surface area contributed by atoms with Crippen LogP contribution in [0.2, 0.25) is 0 Å². The Balaban J connectivity index is 1.60. The minimum absolute atomic E-state index is 0.00951. The number of aryl methyl sites for hydroxylation is 1. The molecule has 34 heavy (non-hydrogen) atoms. The zero-order valence-electron chi connectivity index (χ0n) is 19.2. The number of ether oxygens (including phenoxy) is 1. The van der Waals surface area contributed by atoms with E-state index in [4.69, 9.17) is 9.15 Å². The number of nitrogens with zero attached hydrogens (tertiary/aromatic N) is 1. The largest absolute Gasteiger partial charge is 0.466 e. The second kappa shape index (κ2) is 10.3. The third kappa shape index (κ3) is 4.97. The van der Waals surface area contributed by atoms with Gasteiger partial charge in [-0.05, 0) is 61.2 Å². The minimum Gasteiger partial charge on any atom is -0.466 e. The Hall–Kier alpha value is -3.26. The number of carbonyl (C=O) groups is 3. The zero-order valence-corrected chi connectivity index (χ0v) is 20.1. The number of benzene rings is 1. The van der Waals surface area contributed by atoms with Crippen molar-refractivity contribution < 1.29 is 23.5 Å².